The van der Waals surface area contributed by atoms with E-state index in [0.29, 0.717) is 0 Å². The maximum atomic E-state index is 11.9. The number of hydrogen-bond acceptors (Lipinski definition) is 6. The minimum atomic E-state index is -1.50. The maximum absolute atomic E-state index is 11.9. The molecule has 0 fully saturated rings. The number of nitrogens with zero attached hydrogens (tertiary/aromatic N) is 1. The van der Waals surface area contributed by atoms with Gasteiger partial charge in [0, 0.05) is 5.41 Å². The minimum Gasteiger partial charge on any atom is -0.475 e. The van der Waals surface area contributed by atoms with Gasteiger partial charge in [-0.1, -0.05) is 95.5 Å². The Kier molecular flexibility index (Phi) is 5.67. The van der Waals surface area contributed by atoms with Gasteiger partial charge in [-0.3, -0.25) is 10.2 Å². The average molecular weight is 417 g/mol. The van der Waals surface area contributed by atoms with Crippen molar-refractivity contribution in [3.05, 3.63) is 119 Å². The van der Waals surface area contributed by atoms with E-state index < -0.39 is 17.3 Å². The van der Waals surface area contributed by atoms with Crippen LogP contribution < -0.4 is 10.9 Å². The summed E-state index contributed by atoms with van der Waals surface area (Å²) < 4.78 is 1.56. The number of hydrazine groups is 2. The fraction of sp³-hybridized carbons (Fsp3) is 0.0435. The molecule has 1 aliphatic heterocycles. The Balaban J connectivity index is 1.80. The van der Waals surface area contributed by atoms with Crippen LogP contribution in [0.2, 0.25) is 0 Å². The largest absolute Gasteiger partial charge is 0.475 e. The van der Waals surface area contributed by atoms with Gasteiger partial charge in [-0.05, 0) is 28.6 Å². The number of Topliss-reactive ketones (excluding diaryl/α,β-unsaturated/α-hetero) is 1. The second-order valence-corrected chi connectivity index (χ2v) is 7.45. The maximum Gasteiger partial charge on any atom is 0.378 e. The molecule has 0 spiro atoms. The zero-order valence-corrected chi connectivity index (χ0v) is 16.7. The van der Waals surface area contributed by atoms with Crippen LogP contribution in [0.5, 0.6) is 0 Å². The Hall–Kier alpha value is -3.39. The first kappa shape index (κ1) is 19.9. The second kappa shape index (κ2) is 8.54. The molecular formula is C23H19N3O3S. The van der Waals surface area contributed by atoms with E-state index in [0.717, 1.165) is 16.7 Å². The van der Waals surface area contributed by atoms with Crippen LogP contribution in [0.4, 0.5) is 0 Å². The summed E-state index contributed by atoms with van der Waals surface area (Å²) in [4.78, 5) is 22.9. The molecule has 0 aromatic heterocycles. The third-order valence-corrected chi connectivity index (χ3v) is 5.56. The SMILES string of the molecule is O=C(O)C(=O)C1=CSN(NC(c2ccccc2)(c2ccccc2)c2ccccc2)N1. The Morgan fingerprint density at radius 1 is 0.800 bits per heavy atom. The lowest BCUT2D eigenvalue weighted by molar-refractivity contribution is -0.147. The van der Waals surface area contributed by atoms with Crippen LogP contribution in [-0.2, 0) is 15.1 Å². The number of hydrogen-bond donors (Lipinski definition) is 3. The predicted octanol–water partition coefficient (Wildman–Crippen LogP) is 3.45. The molecule has 150 valence electrons. The van der Waals surface area contributed by atoms with Gasteiger partial charge in [0.2, 0.25) is 0 Å². The summed E-state index contributed by atoms with van der Waals surface area (Å²) in [6.45, 7) is 0. The van der Waals surface area contributed by atoms with Gasteiger partial charge < -0.3 is 5.11 Å². The summed E-state index contributed by atoms with van der Waals surface area (Å²) >= 11 is 1.17. The highest BCUT2D eigenvalue weighted by Gasteiger charge is 2.39. The molecule has 6 nitrogen and oxygen atoms in total. The lowest BCUT2D eigenvalue weighted by Gasteiger charge is -2.39. The normalized spacial score (nSPS) is 14.1. The van der Waals surface area contributed by atoms with Gasteiger partial charge in [0.05, 0.1) is 0 Å². The molecule has 30 heavy (non-hydrogen) atoms. The topological polar surface area (TPSA) is 81.7 Å². The summed E-state index contributed by atoms with van der Waals surface area (Å²) in [6.07, 6.45) is 0. The van der Waals surface area contributed by atoms with Crippen LogP contribution in [0.1, 0.15) is 16.7 Å². The van der Waals surface area contributed by atoms with Crippen molar-refractivity contribution in [1.82, 2.24) is 15.4 Å². The molecule has 0 atom stereocenters. The van der Waals surface area contributed by atoms with Crippen molar-refractivity contribution in [1.29, 1.82) is 0 Å². The number of carboxylic acids is 1. The number of carbonyl (C=O) groups excluding carboxylic acids is 1. The summed E-state index contributed by atoms with van der Waals surface area (Å²) in [7, 11) is 0. The molecular weight excluding hydrogens is 398 g/mol. The Morgan fingerprint density at radius 2 is 1.23 bits per heavy atom. The fourth-order valence-corrected chi connectivity index (χ4v) is 4.16. The van der Waals surface area contributed by atoms with Gasteiger partial charge in [0.15, 0.2) is 0 Å². The molecule has 0 amide bonds. The molecule has 0 bridgehead atoms. The number of benzene rings is 3. The molecule has 3 N–H and O–H groups in total. The van der Waals surface area contributed by atoms with Crippen molar-refractivity contribution < 1.29 is 14.7 Å². The van der Waals surface area contributed by atoms with E-state index in [9.17, 15) is 9.59 Å². The number of aliphatic carboxylic acids is 1. The Morgan fingerprint density at radius 3 is 1.63 bits per heavy atom. The van der Waals surface area contributed by atoms with E-state index in [4.69, 9.17) is 5.11 Å². The molecule has 1 aliphatic rings. The van der Waals surface area contributed by atoms with Gasteiger partial charge in [0.1, 0.15) is 11.2 Å². The molecule has 0 aliphatic carbocycles. The number of carbonyl (C=O) groups is 2. The number of rotatable bonds is 7. The Labute approximate surface area is 178 Å². The highest BCUT2D eigenvalue weighted by atomic mass is 32.2. The molecule has 0 unspecified atom stereocenters. The standard InChI is InChI=1S/C23H19N3O3S/c27-21(22(28)29)20-16-30-26(24-20)25-23(17-10-4-1-5-11-17,18-12-6-2-7-13-18)19-14-8-3-9-15-19/h1-16,24-25H,(H,28,29). The lowest BCUT2D eigenvalue weighted by atomic mass is 9.77. The molecule has 4 rings (SSSR count). The van der Waals surface area contributed by atoms with Crippen molar-refractivity contribution in [2.45, 2.75) is 5.54 Å². The van der Waals surface area contributed by atoms with Gasteiger partial charge in [-0.15, -0.1) is 0 Å². The van der Waals surface area contributed by atoms with Gasteiger partial charge in [0.25, 0.3) is 5.78 Å². The summed E-state index contributed by atoms with van der Waals surface area (Å²) in [5.41, 5.74) is 8.52. The molecule has 0 saturated carbocycles. The summed E-state index contributed by atoms with van der Waals surface area (Å²) in [6, 6.07) is 29.9. The predicted molar refractivity (Wildman–Crippen MR) is 116 cm³/mol. The molecule has 0 saturated heterocycles. The van der Waals surface area contributed by atoms with E-state index in [1.54, 1.807) is 4.52 Å². The highest BCUT2D eigenvalue weighted by Crippen LogP contribution is 2.38. The van der Waals surface area contributed by atoms with Crippen LogP contribution in [0.3, 0.4) is 0 Å². The van der Waals surface area contributed by atoms with Gasteiger partial charge >= 0.3 is 5.97 Å². The molecule has 3 aromatic carbocycles. The third-order valence-electron chi connectivity index (χ3n) is 4.83. The van der Waals surface area contributed by atoms with Crippen LogP contribution in [0.15, 0.2) is 102 Å². The van der Waals surface area contributed by atoms with E-state index in [1.807, 2.05) is 91.0 Å². The van der Waals surface area contributed by atoms with Crippen molar-refractivity contribution >= 4 is 23.7 Å². The minimum absolute atomic E-state index is 0.00286. The zero-order chi connectivity index (χ0) is 21.0. The van der Waals surface area contributed by atoms with Crippen molar-refractivity contribution in [3.8, 4) is 0 Å². The first-order valence-corrected chi connectivity index (χ1v) is 10.1. The van der Waals surface area contributed by atoms with Crippen molar-refractivity contribution in [2.75, 3.05) is 0 Å². The first-order chi connectivity index (χ1) is 14.6. The fourth-order valence-electron chi connectivity index (χ4n) is 3.45. The van der Waals surface area contributed by atoms with E-state index in [1.165, 1.54) is 17.4 Å². The van der Waals surface area contributed by atoms with Crippen LogP contribution in [0, 0.1) is 0 Å². The Bertz CT molecular complexity index is 976. The lowest BCUT2D eigenvalue weighted by Crippen LogP contribution is -2.54. The number of carboxylic acid groups (broad SMARTS) is 1. The summed E-state index contributed by atoms with van der Waals surface area (Å²) in [5.74, 6) is -2.49. The molecule has 7 heteroatoms. The van der Waals surface area contributed by atoms with E-state index in [-0.39, 0.29) is 5.70 Å². The van der Waals surface area contributed by atoms with Crippen molar-refractivity contribution in [2.24, 2.45) is 0 Å². The third kappa shape index (κ3) is 3.73. The van der Waals surface area contributed by atoms with Gasteiger partial charge in [-0.2, -0.15) is 0 Å². The number of nitrogens with one attached hydrogen (secondary N) is 2. The van der Waals surface area contributed by atoms with Gasteiger partial charge in [-0.25, -0.2) is 10.2 Å². The van der Waals surface area contributed by atoms with Crippen LogP contribution >= 0.6 is 11.9 Å². The average Bonchev–Trinajstić information content (AvgIpc) is 3.27. The van der Waals surface area contributed by atoms with Crippen LogP contribution in [0.25, 0.3) is 0 Å². The van der Waals surface area contributed by atoms with Crippen LogP contribution in [-0.4, -0.2) is 21.4 Å². The van der Waals surface area contributed by atoms with E-state index >= 15 is 0 Å². The van der Waals surface area contributed by atoms with E-state index in [2.05, 4.69) is 10.9 Å². The molecule has 1 heterocycles. The zero-order valence-electron chi connectivity index (χ0n) is 15.9. The molecule has 3 aromatic rings. The highest BCUT2D eigenvalue weighted by molar-refractivity contribution is 8.00. The van der Waals surface area contributed by atoms with Crippen molar-refractivity contribution in [3.63, 3.8) is 0 Å². The summed E-state index contributed by atoms with van der Waals surface area (Å²) in [5, 5.41) is 10.5. The second-order valence-electron chi connectivity index (χ2n) is 6.64. The smallest absolute Gasteiger partial charge is 0.378 e. The molecule has 0 radical (unpaired) electrons. The monoisotopic (exact) mass is 417 g/mol. The quantitative estimate of drug-likeness (QED) is 0.309. The number of ketones is 1. The first-order valence-electron chi connectivity index (χ1n) is 9.27.